The van der Waals surface area contributed by atoms with Gasteiger partial charge >= 0.3 is 0 Å². The van der Waals surface area contributed by atoms with Crippen molar-refractivity contribution in [3.63, 3.8) is 0 Å². The second-order valence-corrected chi connectivity index (χ2v) is 11.3. The third kappa shape index (κ3) is 4.88. The lowest BCUT2D eigenvalue weighted by atomic mass is 9.91. The van der Waals surface area contributed by atoms with Gasteiger partial charge in [0.15, 0.2) is 0 Å². The lowest BCUT2D eigenvalue weighted by molar-refractivity contribution is -0.135. The van der Waals surface area contributed by atoms with Crippen molar-refractivity contribution < 1.29 is 22.7 Å². The van der Waals surface area contributed by atoms with Crippen LogP contribution in [0.2, 0.25) is 0 Å². The number of nitrogens with one attached hydrogen (secondary N) is 2. The number of piperidine rings is 1. The van der Waals surface area contributed by atoms with Gasteiger partial charge < -0.3 is 15.0 Å². The molecule has 0 spiro atoms. The topological polar surface area (TPSA) is 138 Å². The number of hydrogen-bond acceptors (Lipinski definition) is 7. The van der Waals surface area contributed by atoms with Gasteiger partial charge in [-0.15, -0.1) is 0 Å². The predicted molar refractivity (Wildman–Crippen MR) is 126 cm³/mol. The zero-order valence-corrected chi connectivity index (χ0v) is 21.3. The summed E-state index contributed by atoms with van der Waals surface area (Å²) in [7, 11) is -2.45. The van der Waals surface area contributed by atoms with E-state index in [4.69, 9.17) is 4.74 Å². The molecule has 2 N–H and O–H groups in total. The summed E-state index contributed by atoms with van der Waals surface area (Å²) < 4.78 is 35.2. The van der Waals surface area contributed by atoms with E-state index in [2.05, 4.69) is 36.7 Å². The number of halogens is 1. The summed E-state index contributed by atoms with van der Waals surface area (Å²) in [4.78, 5) is 26.8. The first-order chi connectivity index (χ1) is 16.2. The van der Waals surface area contributed by atoms with E-state index in [0.717, 1.165) is 6.42 Å². The molecule has 2 saturated heterocycles. The monoisotopic (exact) mass is 554 g/mol. The summed E-state index contributed by atoms with van der Waals surface area (Å²) in [5.41, 5.74) is 1.07. The molecule has 3 heterocycles. The number of ether oxygens (including phenoxy) is 1. The molecule has 13 heteroatoms. The number of sulfonamides is 1. The van der Waals surface area contributed by atoms with E-state index in [-0.39, 0.29) is 35.2 Å². The Hall–Kier alpha value is -2.35. The normalized spacial score (nSPS) is 23.6. The van der Waals surface area contributed by atoms with Crippen molar-refractivity contribution in [3.8, 4) is 0 Å². The van der Waals surface area contributed by atoms with Crippen LogP contribution in [0.5, 0.6) is 0 Å². The van der Waals surface area contributed by atoms with E-state index < -0.39 is 16.1 Å². The number of aromatic amines is 1. The van der Waals surface area contributed by atoms with Gasteiger partial charge in [0.05, 0.1) is 29.9 Å². The zero-order chi connectivity index (χ0) is 24.5. The number of benzene rings is 1. The highest BCUT2D eigenvalue weighted by Crippen LogP contribution is 2.38. The number of methoxy groups -OCH3 is 1. The summed E-state index contributed by atoms with van der Waals surface area (Å²) in [6.07, 6.45) is 3.38. The highest BCUT2D eigenvalue weighted by atomic mass is 79.9. The Bertz CT molecular complexity index is 1160. The first kappa shape index (κ1) is 24.8. The van der Waals surface area contributed by atoms with Crippen molar-refractivity contribution in [1.82, 2.24) is 24.6 Å². The standard InChI is InChI=1S/C21H27BrN6O5S/c1-13(29)24-18-7-6-16(8-17(18)22)34(31,32)28-19-4-3-5-20(28)21(30)27(10-14(19)12-33-2)11-15-9-23-26-25-15/h6-9,14,19-20H,3-5,10-12H2,1-2H3,(H,24,29)(H,23,25,26)/t14-,19+,20?/m1/s1. The molecule has 1 unspecified atom stereocenters. The molecule has 2 aromatic rings. The maximum Gasteiger partial charge on any atom is 0.244 e. The first-order valence-corrected chi connectivity index (χ1v) is 13.2. The number of aromatic nitrogens is 3. The third-order valence-corrected chi connectivity index (χ3v) is 8.82. The van der Waals surface area contributed by atoms with Gasteiger partial charge in [0.25, 0.3) is 0 Å². The van der Waals surface area contributed by atoms with E-state index in [1.807, 2.05) is 0 Å². The van der Waals surface area contributed by atoms with Gasteiger partial charge in [-0.05, 0) is 53.4 Å². The molecule has 0 saturated carbocycles. The number of carbonyl (C=O) groups is 2. The van der Waals surface area contributed by atoms with Gasteiger partial charge in [0.2, 0.25) is 21.8 Å². The number of nitrogens with zero attached hydrogens (tertiary/aromatic N) is 4. The number of carbonyl (C=O) groups excluding carboxylic acids is 2. The largest absolute Gasteiger partial charge is 0.384 e. The van der Waals surface area contributed by atoms with Crippen molar-refractivity contribution in [3.05, 3.63) is 34.6 Å². The Kier molecular flexibility index (Phi) is 7.36. The Morgan fingerprint density at radius 2 is 2.15 bits per heavy atom. The van der Waals surface area contributed by atoms with Crippen LogP contribution >= 0.6 is 15.9 Å². The number of rotatable bonds is 7. The molecule has 0 radical (unpaired) electrons. The quantitative estimate of drug-likeness (QED) is 0.531. The van der Waals surface area contributed by atoms with Crippen molar-refractivity contribution in [2.24, 2.45) is 5.92 Å². The molecule has 2 amide bonds. The lowest BCUT2D eigenvalue weighted by Gasteiger charge is -2.40. The van der Waals surface area contributed by atoms with Crippen LogP contribution in [0.15, 0.2) is 33.8 Å². The van der Waals surface area contributed by atoms with E-state index in [9.17, 15) is 18.0 Å². The van der Waals surface area contributed by atoms with Crippen LogP contribution in [0.25, 0.3) is 0 Å². The molecule has 11 nitrogen and oxygen atoms in total. The third-order valence-electron chi connectivity index (χ3n) is 6.23. The van der Waals surface area contributed by atoms with Gasteiger partial charge in [-0.25, -0.2) is 8.42 Å². The fourth-order valence-electron chi connectivity index (χ4n) is 4.82. The van der Waals surface area contributed by atoms with Gasteiger partial charge in [0.1, 0.15) is 11.7 Å². The van der Waals surface area contributed by atoms with Gasteiger partial charge in [-0.1, -0.05) is 0 Å². The second kappa shape index (κ2) is 10.1. The molecule has 1 aromatic carbocycles. The molecule has 2 bridgehead atoms. The molecule has 2 aliphatic rings. The minimum absolute atomic E-state index is 0.0549. The highest BCUT2D eigenvalue weighted by molar-refractivity contribution is 9.10. The van der Waals surface area contributed by atoms with Crippen LogP contribution in [0, 0.1) is 5.92 Å². The second-order valence-electron chi connectivity index (χ2n) is 8.57. The minimum Gasteiger partial charge on any atom is -0.384 e. The van der Waals surface area contributed by atoms with E-state index in [1.54, 1.807) is 18.2 Å². The fourth-order valence-corrected chi connectivity index (χ4v) is 7.36. The summed E-state index contributed by atoms with van der Waals surface area (Å²) in [6.45, 7) is 2.29. The van der Waals surface area contributed by atoms with Crippen molar-refractivity contribution in [1.29, 1.82) is 0 Å². The molecule has 184 valence electrons. The van der Waals surface area contributed by atoms with Gasteiger partial charge in [-0.3, -0.25) is 9.59 Å². The van der Waals surface area contributed by atoms with E-state index in [1.165, 1.54) is 29.4 Å². The molecule has 34 heavy (non-hydrogen) atoms. The van der Waals surface area contributed by atoms with Crippen LogP contribution < -0.4 is 5.32 Å². The smallest absolute Gasteiger partial charge is 0.244 e. The molecule has 2 fully saturated rings. The molecule has 1 aromatic heterocycles. The lowest BCUT2D eigenvalue weighted by Crippen LogP contribution is -2.55. The molecular weight excluding hydrogens is 528 g/mol. The van der Waals surface area contributed by atoms with Crippen molar-refractivity contribution in [2.45, 2.75) is 49.7 Å². The number of anilines is 1. The highest BCUT2D eigenvalue weighted by Gasteiger charge is 2.50. The number of fused-ring (bicyclic) bond motifs is 2. The van der Waals surface area contributed by atoms with Crippen molar-refractivity contribution >= 4 is 43.5 Å². The average molecular weight is 555 g/mol. The Morgan fingerprint density at radius 1 is 1.35 bits per heavy atom. The average Bonchev–Trinajstić information content (AvgIpc) is 3.29. The van der Waals surface area contributed by atoms with Crippen LogP contribution in [-0.4, -0.2) is 77.2 Å². The van der Waals surface area contributed by atoms with Gasteiger partial charge in [-0.2, -0.15) is 19.7 Å². The zero-order valence-electron chi connectivity index (χ0n) is 18.9. The summed E-state index contributed by atoms with van der Waals surface area (Å²) in [6, 6.07) is 3.26. The SMILES string of the molecule is COC[C@H]1CN(Cc2cn[nH]n2)C(=O)C2CCC[C@@H]1N2S(=O)(=O)c1ccc(NC(C)=O)c(Br)c1. The van der Waals surface area contributed by atoms with Crippen molar-refractivity contribution in [2.75, 3.05) is 25.6 Å². The number of hydrogen-bond donors (Lipinski definition) is 2. The van der Waals surface area contributed by atoms with Crippen LogP contribution in [0.1, 0.15) is 31.9 Å². The Balaban J connectivity index is 1.73. The Morgan fingerprint density at radius 3 is 2.79 bits per heavy atom. The summed E-state index contributed by atoms with van der Waals surface area (Å²) in [5.74, 6) is -0.717. The maximum atomic E-state index is 13.9. The number of amides is 2. The molecule has 0 aliphatic carbocycles. The maximum absolute atomic E-state index is 13.9. The van der Waals surface area contributed by atoms with Crippen LogP contribution in [0.4, 0.5) is 5.69 Å². The predicted octanol–water partition coefficient (Wildman–Crippen LogP) is 1.74. The van der Waals surface area contributed by atoms with E-state index in [0.29, 0.717) is 41.8 Å². The van der Waals surface area contributed by atoms with Crippen LogP contribution in [0.3, 0.4) is 0 Å². The van der Waals surface area contributed by atoms with Crippen LogP contribution in [-0.2, 0) is 30.9 Å². The van der Waals surface area contributed by atoms with E-state index >= 15 is 0 Å². The molecule has 2 aliphatic heterocycles. The molecule has 4 rings (SSSR count). The minimum atomic E-state index is -4.03. The molecular formula is C21H27BrN6O5S. The number of H-pyrrole nitrogens is 1. The summed E-state index contributed by atoms with van der Waals surface area (Å²) >= 11 is 3.35. The summed E-state index contributed by atoms with van der Waals surface area (Å²) in [5, 5.41) is 13.1. The van der Waals surface area contributed by atoms with Gasteiger partial charge in [0, 0.05) is 37.0 Å². The first-order valence-electron chi connectivity index (χ1n) is 11.0. The fraction of sp³-hybridized carbons (Fsp3) is 0.524. The Labute approximate surface area is 206 Å². The molecule has 3 atom stereocenters.